The van der Waals surface area contributed by atoms with Crippen molar-refractivity contribution in [3.05, 3.63) is 29.0 Å². The molecule has 0 fully saturated rings. The van der Waals surface area contributed by atoms with E-state index in [2.05, 4.69) is 34.7 Å². The fraction of sp³-hybridized carbons (Fsp3) is 0.474. The molecule has 2 aliphatic rings. The maximum absolute atomic E-state index is 13.2. The first kappa shape index (κ1) is 18.3. The molecule has 0 radical (unpaired) electrons. The zero-order valence-electron chi connectivity index (χ0n) is 16.6. The maximum atomic E-state index is 13.2. The lowest BCUT2D eigenvalue weighted by Crippen LogP contribution is -2.36. The van der Waals surface area contributed by atoms with Gasteiger partial charge in [0.2, 0.25) is 11.7 Å². The van der Waals surface area contributed by atoms with E-state index in [-0.39, 0.29) is 11.2 Å². The summed E-state index contributed by atoms with van der Waals surface area (Å²) in [7, 11) is 4.67. The van der Waals surface area contributed by atoms with Crippen LogP contribution in [0.15, 0.2) is 23.4 Å². The largest absolute Gasteiger partial charge is 0.493 e. The molecule has 28 heavy (non-hydrogen) atoms. The number of ether oxygens (including phenoxy) is 3. The molecule has 0 saturated heterocycles. The zero-order valence-corrected chi connectivity index (χ0v) is 16.6. The number of ketones is 1. The van der Waals surface area contributed by atoms with Gasteiger partial charge in [0.15, 0.2) is 17.3 Å². The van der Waals surface area contributed by atoms with Gasteiger partial charge in [-0.1, -0.05) is 18.9 Å². The third-order valence-corrected chi connectivity index (χ3v) is 5.22. The third kappa shape index (κ3) is 2.69. The van der Waals surface area contributed by atoms with Crippen LogP contribution >= 0.6 is 0 Å². The number of carbonyl (C=O) groups is 1. The van der Waals surface area contributed by atoms with Crippen molar-refractivity contribution in [2.75, 3.05) is 26.6 Å². The topological polar surface area (TPSA) is 100 Å². The van der Waals surface area contributed by atoms with Crippen molar-refractivity contribution in [2.45, 2.75) is 32.7 Å². The summed E-state index contributed by atoms with van der Waals surface area (Å²) in [4.78, 5) is 13.2. The summed E-state index contributed by atoms with van der Waals surface area (Å²) in [6.07, 6.45) is 1.18. The van der Waals surface area contributed by atoms with Gasteiger partial charge >= 0.3 is 0 Å². The number of rotatable bonds is 4. The molecule has 1 unspecified atom stereocenters. The molecular formula is C19H23N5O4. The van der Waals surface area contributed by atoms with Gasteiger partial charge in [-0.15, -0.1) is 0 Å². The van der Waals surface area contributed by atoms with Gasteiger partial charge in [0.1, 0.15) is 6.04 Å². The highest BCUT2D eigenvalue weighted by atomic mass is 16.5. The van der Waals surface area contributed by atoms with Crippen LogP contribution in [-0.2, 0) is 4.79 Å². The van der Waals surface area contributed by atoms with Gasteiger partial charge in [-0.25, -0.2) is 0 Å². The smallest absolute Gasteiger partial charge is 0.248 e. The molecule has 148 valence electrons. The molecule has 0 saturated carbocycles. The minimum atomic E-state index is -0.514. The fourth-order valence-electron chi connectivity index (χ4n) is 4.10. The van der Waals surface area contributed by atoms with Crippen LogP contribution in [0, 0.1) is 5.41 Å². The van der Waals surface area contributed by atoms with Crippen LogP contribution in [0.2, 0.25) is 0 Å². The van der Waals surface area contributed by atoms with E-state index in [1.165, 1.54) is 0 Å². The van der Waals surface area contributed by atoms with Crippen molar-refractivity contribution < 1.29 is 19.0 Å². The van der Waals surface area contributed by atoms with Crippen LogP contribution < -0.4 is 19.5 Å². The number of fused-ring (bicyclic) bond motifs is 1. The first-order chi connectivity index (χ1) is 13.4. The number of carbonyl (C=O) groups excluding carboxylic acids is 1. The molecule has 4 rings (SSSR count). The van der Waals surface area contributed by atoms with Gasteiger partial charge in [-0.3, -0.25) is 4.79 Å². The molecule has 1 atom stereocenters. The van der Waals surface area contributed by atoms with E-state index in [4.69, 9.17) is 14.2 Å². The van der Waals surface area contributed by atoms with Crippen LogP contribution in [0.4, 0.5) is 5.95 Å². The van der Waals surface area contributed by atoms with Gasteiger partial charge < -0.3 is 19.5 Å². The number of hydrogen-bond donors (Lipinski definition) is 1. The molecule has 1 aromatic carbocycles. The van der Waals surface area contributed by atoms with Crippen molar-refractivity contribution in [3.63, 3.8) is 0 Å². The average Bonchev–Trinajstić information content (AvgIpc) is 3.12. The lowest BCUT2D eigenvalue weighted by atomic mass is 9.73. The number of hydrogen-bond acceptors (Lipinski definition) is 8. The number of anilines is 1. The lowest BCUT2D eigenvalue weighted by molar-refractivity contribution is -0.118. The number of benzene rings is 1. The Morgan fingerprint density at radius 1 is 1.11 bits per heavy atom. The van der Waals surface area contributed by atoms with Crippen LogP contribution in [-0.4, -0.2) is 47.3 Å². The molecule has 1 N–H and O–H groups in total. The van der Waals surface area contributed by atoms with E-state index in [1.807, 2.05) is 6.07 Å². The van der Waals surface area contributed by atoms with E-state index < -0.39 is 6.04 Å². The Hall–Kier alpha value is -3.10. The number of nitrogens with one attached hydrogen (secondary N) is 1. The van der Waals surface area contributed by atoms with Gasteiger partial charge in [-0.2, -0.15) is 4.68 Å². The van der Waals surface area contributed by atoms with Gasteiger partial charge in [0, 0.05) is 23.3 Å². The number of nitrogens with zero attached hydrogens (tertiary/aromatic N) is 4. The van der Waals surface area contributed by atoms with E-state index in [1.54, 1.807) is 32.1 Å². The highest BCUT2D eigenvalue weighted by Crippen LogP contribution is 2.49. The summed E-state index contributed by atoms with van der Waals surface area (Å²) in [5, 5.41) is 15.2. The van der Waals surface area contributed by atoms with Crippen LogP contribution in [0.1, 0.15) is 38.3 Å². The Labute approximate surface area is 162 Å². The molecule has 0 bridgehead atoms. The van der Waals surface area contributed by atoms with Gasteiger partial charge in [0.05, 0.1) is 21.3 Å². The standard InChI is InChI=1S/C19H23N5O4/c1-19(2)8-11-14(12(25)9-19)15(24-18(20-11)21-22-23-24)10-6-7-13(26-3)17(28-5)16(10)27-4/h6-7,15H,8-9H2,1-5H3,(H,20,21,23). The normalized spacial score (nSPS) is 20.2. The van der Waals surface area contributed by atoms with Crippen molar-refractivity contribution in [2.24, 2.45) is 5.41 Å². The van der Waals surface area contributed by atoms with E-state index >= 15 is 0 Å². The molecule has 2 heterocycles. The van der Waals surface area contributed by atoms with Crippen LogP contribution in [0.25, 0.3) is 0 Å². The molecule has 2 aromatic rings. The minimum Gasteiger partial charge on any atom is -0.493 e. The molecule has 1 aliphatic heterocycles. The van der Waals surface area contributed by atoms with Crippen molar-refractivity contribution >= 4 is 11.7 Å². The minimum absolute atomic E-state index is 0.0711. The monoisotopic (exact) mass is 385 g/mol. The fourth-order valence-corrected chi connectivity index (χ4v) is 4.10. The predicted octanol–water partition coefficient (Wildman–Crippen LogP) is 2.36. The molecule has 1 aromatic heterocycles. The average molecular weight is 385 g/mol. The predicted molar refractivity (Wildman–Crippen MR) is 101 cm³/mol. The van der Waals surface area contributed by atoms with Crippen LogP contribution in [0.5, 0.6) is 17.2 Å². The van der Waals surface area contributed by atoms with E-state index in [9.17, 15) is 4.79 Å². The Bertz CT molecular complexity index is 979. The third-order valence-electron chi connectivity index (χ3n) is 5.22. The summed E-state index contributed by atoms with van der Waals surface area (Å²) in [5.41, 5.74) is 2.11. The molecule has 9 nitrogen and oxygen atoms in total. The molecule has 0 amide bonds. The lowest BCUT2D eigenvalue weighted by Gasteiger charge is -2.38. The molecule has 1 aliphatic carbocycles. The Morgan fingerprint density at radius 2 is 1.86 bits per heavy atom. The Balaban J connectivity index is 1.96. The Kier molecular flexibility index (Phi) is 4.24. The summed E-state index contributed by atoms with van der Waals surface area (Å²) >= 11 is 0. The summed E-state index contributed by atoms with van der Waals surface area (Å²) in [5.74, 6) is 2.05. The number of allylic oxidation sites excluding steroid dienone is 2. The van der Waals surface area contributed by atoms with E-state index in [0.717, 1.165) is 17.7 Å². The first-order valence-corrected chi connectivity index (χ1v) is 9.00. The second-order valence-corrected chi connectivity index (χ2v) is 7.73. The summed E-state index contributed by atoms with van der Waals surface area (Å²) < 4.78 is 18.2. The number of aromatic nitrogens is 4. The highest BCUT2D eigenvalue weighted by Gasteiger charge is 2.43. The Morgan fingerprint density at radius 3 is 2.54 bits per heavy atom. The number of tetrazole rings is 1. The second-order valence-electron chi connectivity index (χ2n) is 7.73. The number of Topliss-reactive ketones (excluding diaryl/α,β-unsaturated/α-hetero) is 1. The highest BCUT2D eigenvalue weighted by molar-refractivity contribution is 6.00. The van der Waals surface area contributed by atoms with Crippen LogP contribution in [0.3, 0.4) is 0 Å². The van der Waals surface area contributed by atoms with Gasteiger partial charge in [-0.05, 0) is 34.4 Å². The molecule has 0 spiro atoms. The molecule has 9 heteroatoms. The second kappa shape index (κ2) is 6.50. The first-order valence-electron chi connectivity index (χ1n) is 9.00. The number of methoxy groups -OCH3 is 3. The van der Waals surface area contributed by atoms with Crippen molar-refractivity contribution in [1.29, 1.82) is 0 Å². The van der Waals surface area contributed by atoms with Gasteiger partial charge in [0.25, 0.3) is 0 Å². The van der Waals surface area contributed by atoms with Crippen molar-refractivity contribution in [1.82, 2.24) is 20.2 Å². The van der Waals surface area contributed by atoms with E-state index in [0.29, 0.717) is 35.2 Å². The SMILES string of the molecule is COc1ccc(C2C3=C(CC(C)(C)CC3=O)Nc3nnnn32)c(OC)c1OC. The molecular weight excluding hydrogens is 362 g/mol. The summed E-state index contributed by atoms with van der Waals surface area (Å²) in [6.45, 7) is 4.17. The van der Waals surface area contributed by atoms with Crippen molar-refractivity contribution in [3.8, 4) is 17.2 Å². The maximum Gasteiger partial charge on any atom is 0.248 e. The zero-order chi connectivity index (χ0) is 20.1. The quantitative estimate of drug-likeness (QED) is 0.856. The summed E-state index contributed by atoms with van der Waals surface area (Å²) in [6, 6.07) is 3.14.